The lowest BCUT2D eigenvalue weighted by molar-refractivity contribution is -0.143. The highest BCUT2D eigenvalue weighted by atomic mass is 32.2. The number of aliphatic carboxylic acids is 1. The van der Waals surface area contributed by atoms with Gasteiger partial charge >= 0.3 is 5.97 Å². The van der Waals surface area contributed by atoms with Crippen molar-refractivity contribution in [2.75, 3.05) is 11.6 Å². The van der Waals surface area contributed by atoms with Gasteiger partial charge in [-0.2, -0.15) is 0 Å². The van der Waals surface area contributed by atoms with E-state index in [2.05, 4.69) is 5.32 Å². The molecule has 2 rings (SSSR count). The molecule has 2 N–H and O–H groups in total. The molecular formula is C17H28N2O4S. The second-order valence-electron chi connectivity index (χ2n) is 8.01. The molecule has 7 heteroatoms. The lowest BCUT2D eigenvalue weighted by atomic mass is 9.86. The van der Waals surface area contributed by atoms with Crippen LogP contribution in [0.3, 0.4) is 0 Å². The van der Waals surface area contributed by atoms with Gasteiger partial charge in [0.15, 0.2) is 0 Å². The molecule has 1 unspecified atom stereocenters. The predicted molar refractivity (Wildman–Crippen MR) is 93.6 cm³/mol. The topological polar surface area (TPSA) is 86.7 Å². The van der Waals surface area contributed by atoms with Crippen LogP contribution in [0.5, 0.6) is 0 Å². The molecule has 136 valence electrons. The Balaban J connectivity index is 1.87. The quantitative estimate of drug-likeness (QED) is 0.805. The van der Waals surface area contributed by atoms with E-state index in [0.29, 0.717) is 43.7 Å². The monoisotopic (exact) mass is 356 g/mol. The van der Waals surface area contributed by atoms with Crippen molar-refractivity contribution in [1.29, 1.82) is 0 Å². The minimum Gasteiger partial charge on any atom is -0.481 e. The first-order valence-electron chi connectivity index (χ1n) is 8.58. The number of carboxylic acid groups (broad SMARTS) is 1. The van der Waals surface area contributed by atoms with Crippen molar-refractivity contribution in [3.63, 3.8) is 0 Å². The van der Waals surface area contributed by atoms with E-state index in [1.807, 2.05) is 20.8 Å². The van der Waals surface area contributed by atoms with Gasteiger partial charge in [-0.05, 0) is 31.1 Å². The Bertz CT molecular complexity index is 495. The summed E-state index contributed by atoms with van der Waals surface area (Å²) in [5.41, 5.74) is -0.0966. The number of carboxylic acids is 1. The Morgan fingerprint density at radius 2 is 1.79 bits per heavy atom. The van der Waals surface area contributed by atoms with Crippen LogP contribution in [0.1, 0.15) is 52.9 Å². The molecule has 1 aliphatic heterocycles. The van der Waals surface area contributed by atoms with Gasteiger partial charge in [-0.1, -0.05) is 20.8 Å². The molecule has 2 amide bonds. The minimum absolute atomic E-state index is 0.0262. The SMILES string of the molecule is CC(C)(C)CC(=O)N1CSCC1C(=O)NC1CCC(C(=O)O)CC1. The number of thioether (sulfide) groups is 1. The van der Waals surface area contributed by atoms with Gasteiger partial charge in [0.05, 0.1) is 11.8 Å². The third kappa shape index (κ3) is 5.13. The molecule has 0 aromatic rings. The number of carbonyl (C=O) groups is 3. The van der Waals surface area contributed by atoms with Gasteiger partial charge in [-0.15, -0.1) is 11.8 Å². The summed E-state index contributed by atoms with van der Waals surface area (Å²) in [6.07, 6.45) is 3.02. The van der Waals surface area contributed by atoms with E-state index < -0.39 is 12.0 Å². The highest BCUT2D eigenvalue weighted by Crippen LogP contribution is 2.28. The van der Waals surface area contributed by atoms with Crippen molar-refractivity contribution >= 4 is 29.5 Å². The van der Waals surface area contributed by atoms with E-state index in [0.717, 1.165) is 0 Å². The van der Waals surface area contributed by atoms with E-state index in [4.69, 9.17) is 5.11 Å². The summed E-state index contributed by atoms with van der Waals surface area (Å²) in [4.78, 5) is 37.7. The van der Waals surface area contributed by atoms with Crippen LogP contribution in [0, 0.1) is 11.3 Å². The summed E-state index contributed by atoms with van der Waals surface area (Å²) >= 11 is 1.61. The first-order valence-corrected chi connectivity index (χ1v) is 9.73. The lowest BCUT2D eigenvalue weighted by Gasteiger charge is -2.30. The summed E-state index contributed by atoms with van der Waals surface area (Å²) in [5.74, 6) is 0.101. The van der Waals surface area contributed by atoms with Crippen LogP contribution >= 0.6 is 11.8 Å². The van der Waals surface area contributed by atoms with Gasteiger partial charge in [0, 0.05) is 18.2 Å². The van der Waals surface area contributed by atoms with E-state index in [1.54, 1.807) is 16.7 Å². The molecule has 1 aliphatic carbocycles. The Morgan fingerprint density at radius 3 is 2.33 bits per heavy atom. The molecule has 0 aromatic carbocycles. The number of amides is 2. The van der Waals surface area contributed by atoms with E-state index in [9.17, 15) is 14.4 Å². The van der Waals surface area contributed by atoms with Crippen LogP contribution in [-0.4, -0.2) is 51.5 Å². The van der Waals surface area contributed by atoms with E-state index >= 15 is 0 Å². The number of nitrogens with one attached hydrogen (secondary N) is 1. The fraction of sp³-hybridized carbons (Fsp3) is 0.824. The fourth-order valence-corrected chi connectivity index (χ4v) is 4.42. The highest BCUT2D eigenvalue weighted by Gasteiger charge is 2.37. The number of hydrogen-bond donors (Lipinski definition) is 2. The average Bonchev–Trinajstić information content (AvgIpc) is 2.95. The average molecular weight is 356 g/mol. The van der Waals surface area contributed by atoms with Gasteiger partial charge in [0.2, 0.25) is 11.8 Å². The summed E-state index contributed by atoms with van der Waals surface area (Å²) in [6, 6.07) is -0.375. The molecule has 24 heavy (non-hydrogen) atoms. The van der Waals surface area contributed by atoms with Crippen molar-refractivity contribution < 1.29 is 19.5 Å². The summed E-state index contributed by atoms with van der Waals surface area (Å²) in [5, 5.41) is 12.1. The van der Waals surface area contributed by atoms with Gasteiger partial charge in [-0.25, -0.2) is 0 Å². The predicted octanol–water partition coefficient (Wildman–Crippen LogP) is 2.08. The number of rotatable bonds is 4. The Labute approximate surface area is 147 Å². The molecule has 0 bridgehead atoms. The number of carbonyl (C=O) groups excluding carboxylic acids is 2. The Morgan fingerprint density at radius 1 is 1.17 bits per heavy atom. The number of hydrogen-bond acceptors (Lipinski definition) is 4. The van der Waals surface area contributed by atoms with Gasteiger partial charge < -0.3 is 15.3 Å². The molecule has 1 heterocycles. The molecular weight excluding hydrogens is 328 g/mol. The van der Waals surface area contributed by atoms with Gasteiger partial charge in [0.1, 0.15) is 6.04 Å². The van der Waals surface area contributed by atoms with Crippen molar-refractivity contribution in [1.82, 2.24) is 10.2 Å². The first-order chi connectivity index (χ1) is 11.2. The third-order valence-corrected chi connectivity index (χ3v) is 5.62. The normalized spacial score (nSPS) is 27.8. The zero-order valence-electron chi connectivity index (χ0n) is 14.7. The summed E-state index contributed by atoms with van der Waals surface area (Å²) in [7, 11) is 0. The van der Waals surface area contributed by atoms with Crippen LogP contribution in [0.2, 0.25) is 0 Å². The molecule has 1 atom stereocenters. The largest absolute Gasteiger partial charge is 0.481 e. The zero-order chi connectivity index (χ0) is 17.9. The number of nitrogens with zero attached hydrogens (tertiary/aromatic N) is 1. The van der Waals surface area contributed by atoms with Crippen LogP contribution in [-0.2, 0) is 14.4 Å². The van der Waals surface area contributed by atoms with Crippen LogP contribution < -0.4 is 5.32 Å². The first kappa shape index (κ1) is 19.1. The maximum atomic E-state index is 12.6. The molecule has 0 radical (unpaired) electrons. The molecule has 2 fully saturated rings. The van der Waals surface area contributed by atoms with Gasteiger partial charge in [0.25, 0.3) is 0 Å². The minimum atomic E-state index is -0.745. The molecule has 1 saturated carbocycles. The maximum absolute atomic E-state index is 12.6. The Hall–Kier alpha value is -1.24. The van der Waals surface area contributed by atoms with Crippen molar-refractivity contribution in [2.45, 2.75) is 65.0 Å². The molecule has 1 saturated heterocycles. The standard InChI is InChI=1S/C17H28N2O4S/c1-17(2,3)8-14(20)19-10-24-9-13(19)15(21)18-12-6-4-11(5-7-12)16(22)23/h11-13H,4-10H2,1-3H3,(H,18,21)(H,22,23). The van der Waals surface area contributed by atoms with Crippen molar-refractivity contribution in [2.24, 2.45) is 11.3 Å². The second kappa shape index (κ2) is 7.76. The van der Waals surface area contributed by atoms with Crippen molar-refractivity contribution in [3.05, 3.63) is 0 Å². The smallest absolute Gasteiger partial charge is 0.306 e. The molecule has 0 spiro atoms. The molecule has 0 aromatic heterocycles. The summed E-state index contributed by atoms with van der Waals surface area (Å²) in [6.45, 7) is 6.05. The Kier molecular flexibility index (Phi) is 6.17. The summed E-state index contributed by atoms with van der Waals surface area (Å²) < 4.78 is 0. The second-order valence-corrected chi connectivity index (χ2v) is 9.01. The fourth-order valence-electron chi connectivity index (χ4n) is 3.24. The third-order valence-electron chi connectivity index (χ3n) is 4.61. The zero-order valence-corrected chi connectivity index (χ0v) is 15.5. The molecule has 2 aliphatic rings. The van der Waals surface area contributed by atoms with Crippen molar-refractivity contribution in [3.8, 4) is 0 Å². The van der Waals surface area contributed by atoms with Crippen LogP contribution in [0.4, 0.5) is 0 Å². The highest BCUT2D eigenvalue weighted by molar-refractivity contribution is 7.99. The van der Waals surface area contributed by atoms with Crippen LogP contribution in [0.15, 0.2) is 0 Å². The lowest BCUT2D eigenvalue weighted by Crippen LogP contribution is -2.51. The van der Waals surface area contributed by atoms with Crippen LogP contribution in [0.25, 0.3) is 0 Å². The maximum Gasteiger partial charge on any atom is 0.306 e. The van der Waals surface area contributed by atoms with E-state index in [1.165, 1.54) is 0 Å². The van der Waals surface area contributed by atoms with Gasteiger partial charge in [-0.3, -0.25) is 14.4 Å². The molecule has 6 nitrogen and oxygen atoms in total. The van der Waals surface area contributed by atoms with E-state index in [-0.39, 0.29) is 29.2 Å².